The smallest absolute Gasteiger partial charge is 0.0613 e. The summed E-state index contributed by atoms with van der Waals surface area (Å²) in [6.07, 6.45) is 3.36. The molecular formula is C11H17NOS. The molecule has 1 heterocycles. The second-order valence-corrected chi connectivity index (χ2v) is 5.27. The number of aliphatic hydroxyl groups excluding tert-OH is 1. The predicted molar refractivity (Wildman–Crippen MR) is 59.6 cm³/mol. The zero-order chi connectivity index (χ0) is 10.0. The molecule has 2 nitrogen and oxygen atoms in total. The van der Waals surface area contributed by atoms with Crippen molar-refractivity contribution in [2.75, 3.05) is 6.61 Å². The topological polar surface area (TPSA) is 32.3 Å². The van der Waals surface area contributed by atoms with E-state index < -0.39 is 0 Å². The van der Waals surface area contributed by atoms with E-state index in [-0.39, 0.29) is 12.1 Å². The molecule has 0 bridgehead atoms. The molecule has 0 spiro atoms. The first-order valence-corrected chi connectivity index (χ1v) is 6.03. The molecule has 0 atom stereocenters. The molecule has 0 radical (unpaired) electrons. The minimum absolute atomic E-state index is 0.0658. The van der Waals surface area contributed by atoms with Gasteiger partial charge < -0.3 is 10.4 Å². The van der Waals surface area contributed by atoms with Crippen molar-refractivity contribution in [2.24, 2.45) is 0 Å². The van der Waals surface area contributed by atoms with E-state index >= 15 is 0 Å². The number of rotatable bonds is 5. The van der Waals surface area contributed by atoms with E-state index in [4.69, 9.17) is 5.11 Å². The Bertz CT molecular complexity index is 304. The number of aliphatic hydroxyl groups is 1. The van der Waals surface area contributed by atoms with Crippen LogP contribution in [0, 0.1) is 0 Å². The van der Waals surface area contributed by atoms with Crippen LogP contribution in [0.25, 0.3) is 0 Å². The van der Waals surface area contributed by atoms with E-state index in [2.05, 4.69) is 24.4 Å². The van der Waals surface area contributed by atoms with Crippen molar-refractivity contribution < 1.29 is 5.11 Å². The number of nitrogens with one attached hydrogen (secondary N) is 1. The minimum Gasteiger partial charge on any atom is -0.394 e. The van der Waals surface area contributed by atoms with Crippen LogP contribution in [-0.2, 0) is 13.0 Å². The molecule has 0 aromatic carbocycles. The maximum atomic E-state index is 9.13. The fourth-order valence-electron chi connectivity index (χ4n) is 1.52. The lowest BCUT2D eigenvalue weighted by molar-refractivity contribution is 0.230. The number of hydrogen-bond donors (Lipinski definition) is 2. The highest BCUT2D eigenvalue weighted by Crippen LogP contribution is 2.35. The summed E-state index contributed by atoms with van der Waals surface area (Å²) in [5.74, 6) is 0. The highest BCUT2D eigenvalue weighted by molar-refractivity contribution is 7.11. The van der Waals surface area contributed by atoms with Crippen LogP contribution in [0.2, 0.25) is 0 Å². The molecular weight excluding hydrogens is 194 g/mol. The number of hydrogen-bond acceptors (Lipinski definition) is 3. The summed E-state index contributed by atoms with van der Waals surface area (Å²) >= 11 is 1.87. The molecule has 3 heteroatoms. The van der Waals surface area contributed by atoms with Gasteiger partial charge in [-0.05, 0) is 31.4 Å². The van der Waals surface area contributed by atoms with Crippen LogP contribution in [0.4, 0.5) is 0 Å². The highest BCUT2D eigenvalue weighted by Gasteiger charge is 2.41. The van der Waals surface area contributed by atoms with Gasteiger partial charge in [-0.3, -0.25) is 0 Å². The Morgan fingerprint density at radius 3 is 2.64 bits per heavy atom. The van der Waals surface area contributed by atoms with Gasteiger partial charge in [0, 0.05) is 21.8 Å². The first kappa shape index (κ1) is 10.1. The lowest BCUT2D eigenvalue weighted by Crippen LogP contribution is -2.33. The maximum Gasteiger partial charge on any atom is 0.0613 e. The minimum atomic E-state index is 0.0658. The fourth-order valence-corrected chi connectivity index (χ4v) is 2.42. The van der Waals surface area contributed by atoms with Gasteiger partial charge in [-0.25, -0.2) is 0 Å². The van der Waals surface area contributed by atoms with Crippen LogP contribution < -0.4 is 5.32 Å². The van der Waals surface area contributed by atoms with Gasteiger partial charge in [-0.2, -0.15) is 0 Å². The molecule has 2 rings (SSSR count). The molecule has 0 unspecified atom stereocenters. The van der Waals surface area contributed by atoms with E-state index in [1.165, 1.54) is 9.75 Å². The van der Waals surface area contributed by atoms with Gasteiger partial charge >= 0.3 is 0 Å². The van der Waals surface area contributed by atoms with Gasteiger partial charge in [0.2, 0.25) is 0 Å². The molecule has 0 saturated heterocycles. The van der Waals surface area contributed by atoms with Crippen LogP contribution >= 0.6 is 11.3 Å². The summed E-state index contributed by atoms with van der Waals surface area (Å²) in [5, 5.41) is 12.6. The third-order valence-electron chi connectivity index (χ3n) is 2.86. The van der Waals surface area contributed by atoms with Crippen molar-refractivity contribution in [3.63, 3.8) is 0 Å². The molecule has 1 aliphatic carbocycles. The summed E-state index contributed by atoms with van der Waals surface area (Å²) < 4.78 is 0. The zero-order valence-corrected chi connectivity index (χ0v) is 9.36. The van der Waals surface area contributed by atoms with Gasteiger partial charge in [0.25, 0.3) is 0 Å². The maximum absolute atomic E-state index is 9.13. The van der Waals surface area contributed by atoms with Gasteiger partial charge in [-0.1, -0.05) is 6.92 Å². The van der Waals surface area contributed by atoms with Crippen LogP contribution in [0.15, 0.2) is 12.1 Å². The van der Waals surface area contributed by atoms with Crippen molar-refractivity contribution in [1.82, 2.24) is 5.32 Å². The fraction of sp³-hybridized carbons (Fsp3) is 0.636. The monoisotopic (exact) mass is 211 g/mol. The molecule has 0 amide bonds. The van der Waals surface area contributed by atoms with Crippen LogP contribution in [0.1, 0.15) is 29.5 Å². The standard InChI is InChI=1S/C11H17NOS/c1-2-9-3-4-10(14-9)7-12-11(8-13)5-6-11/h3-4,12-13H,2,5-8H2,1H3. The quantitative estimate of drug-likeness (QED) is 0.780. The SMILES string of the molecule is CCc1ccc(CNC2(CO)CC2)s1. The molecule has 2 N–H and O–H groups in total. The Morgan fingerprint density at radius 1 is 1.43 bits per heavy atom. The summed E-state index contributed by atoms with van der Waals surface area (Å²) in [7, 11) is 0. The average molecular weight is 211 g/mol. The van der Waals surface area contributed by atoms with Gasteiger partial charge in [-0.15, -0.1) is 11.3 Å². The van der Waals surface area contributed by atoms with E-state index in [0.29, 0.717) is 0 Å². The Labute approximate surface area is 89.0 Å². The van der Waals surface area contributed by atoms with Crippen molar-refractivity contribution in [1.29, 1.82) is 0 Å². The molecule has 14 heavy (non-hydrogen) atoms. The second-order valence-electron chi connectivity index (χ2n) is 4.01. The van der Waals surface area contributed by atoms with Crippen LogP contribution in [0.3, 0.4) is 0 Å². The molecule has 1 aromatic rings. The van der Waals surface area contributed by atoms with Gasteiger partial charge in [0.15, 0.2) is 0 Å². The molecule has 1 aromatic heterocycles. The van der Waals surface area contributed by atoms with Gasteiger partial charge in [0.05, 0.1) is 6.61 Å². The van der Waals surface area contributed by atoms with E-state index in [1.807, 2.05) is 11.3 Å². The lowest BCUT2D eigenvalue weighted by Gasteiger charge is -2.12. The largest absolute Gasteiger partial charge is 0.394 e. The van der Waals surface area contributed by atoms with E-state index in [1.54, 1.807) is 0 Å². The lowest BCUT2D eigenvalue weighted by atomic mass is 10.3. The molecule has 1 saturated carbocycles. The number of thiophene rings is 1. The van der Waals surface area contributed by atoms with Crippen molar-refractivity contribution in [3.8, 4) is 0 Å². The first-order valence-electron chi connectivity index (χ1n) is 5.21. The highest BCUT2D eigenvalue weighted by atomic mass is 32.1. The normalized spacial score (nSPS) is 18.4. The van der Waals surface area contributed by atoms with E-state index in [9.17, 15) is 0 Å². The number of aryl methyl sites for hydroxylation is 1. The molecule has 1 fully saturated rings. The second kappa shape index (κ2) is 4.01. The Balaban J connectivity index is 1.85. The molecule has 1 aliphatic rings. The molecule has 78 valence electrons. The Hall–Kier alpha value is -0.380. The average Bonchev–Trinajstić information content (AvgIpc) is 2.86. The molecule has 0 aliphatic heterocycles. The van der Waals surface area contributed by atoms with Crippen molar-refractivity contribution in [2.45, 2.75) is 38.3 Å². The third-order valence-corrected chi connectivity index (χ3v) is 4.09. The van der Waals surface area contributed by atoms with Crippen molar-refractivity contribution >= 4 is 11.3 Å². The Morgan fingerprint density at radius 2 is 2.14 bits per heavy atom. The summed E-state index contributed by atoms with van der Waals surface area (Å²) in [5.41, 5.74) is 0.0658. The summed E-state index contributed by atoms with van der Waals surface area (Å²) in [6.45, 7) is 3.36. The van der Waals surface area contributed by atoms with Crippen molar-refractivity contribution in [3.05, 3.63) is 21.9 Å². The third kappa shape index (κ3) is 2.16. The first-order chi connectivity index (χ1) is 6.78. The summed E-state index contributed by atoms with van der Waals surface area (Å²) in [6, 6.07) is 4.38. The van der Waals surface area contributed by atoms with Crippen LogP contribution in [-0.4, -0.2) is 17.3 Å². The zero-order valence-electron chi connectivity index (χ0n) is 8.55. The van der Waals surface area contributed by atoms with Crippen LogP contribution in [0.5, 0.6) is 0 Å². The van der Waals surface area contributed by atoms with E-state index in [0.717, 1.165) is 25.8 Å². The Kier molecular flexibility index (Phi) is 2.91. The summed E-state index contributed by atoms with van der Waals surface area (Å²) in [4.78, 5) is 2.82. The van der Waals surface area contributed by atoms with Gasteiger partial charge in [0.1, 0.15) is 0 Å². The predicted octanol–water partition coefficient (Wildman–Crippen LogP) is 1.93.